The number of rotatable bonds is 3. The van der Waals surface area contributed by atoms with Gasteiger partial charge in [0.15, 0.2) is 0 Å². The number of anilines is 2. The summed E-state index contributed by atoms with van der Waals surface area (Å²) in [7, 11) is 4.03. The van der Waals surface area contributed by atoms with Gasteiger partial charge in [-0.15, -0.1) is 0 Å². The van der Waals surface area contributed by atoms with Gasteiger partial charge in [-0.05, 0) is 53.6 Å². The van der Waals surface area contributed by atoms with Crippen molar-refractivity contribution in [3.05, 3.63) is 77.9 Å². The van der Waals surface area contributed by atoms with Crippen molar-refractivity contribution < 1.29 is 4.39 Å². The van der Waals surface area contributed by atoms with Crippen LogP contribution in [0.3, 0.4) is 0 Å². The van der Waals surface area contributed by atoms with Crippen LogP contribution in [0.1, 0.15) is 17.2 Å². The Balaban J connectivity index is 1.75. The number of nitrogens with one attached hydrogen (secondary N) is 1. The maximum Gasteiger partial charge on any atom is 0.226 e. The SMILES string of the molecule is CN(C)c1ccc(C2C=C(c3ccc(F)cc3)Nc3ncnn32)cc1. The van der Waals surface area contributed by atoms with Crippen molar-refractivity contribution in [3.63, 3.8) is 0 Å². The topological polar surface area (TPSA) is 46.0 Å². The molecule has 126 valence electrons. The molecule has 6 heteroatoms. The zero-order valence-electron chi connectivity index (χ0n) is 14.0. The normalized spacial score (nSPS) is 16.0. The molecule has 0 aliphatic carbocycles. The van der Waals surface area contributed by atoms with E-state index in [0.29, 0.717) is 5.95 Å². The van der Waals surface area contributed by atoms with E-state index in [-0.39, 0.29) is 11.9 Å². The van der Waals surface area contributed by atoms with Gasteiger partial charge in [0.25, 0.3) is 0 Å². The Hall–Kier alpha value is -3.15. The molecule has 0 saturated heterocycles. The molecule has 4 rings (SSSR count). The Morgan fingerprint density at radius 2 is 1.76 bits per heavy atom. The molecule has 25 heavy (non-hydrogen) atoms. The fourth-order valence-corrected chi connectivity index (χ4v) is 2.94. The molecule has 0 bridgehead atoms. The monoisotopic (exact) mass is 335 g/mol. The average Bonchev–Trinajstić information content (AvgIpc) is 3.10. The minimum absolute atomic E-state index is 0.0741. The molecule has 3 aromatic rings. The predicted molar refractivity (Wildman–Crippen MR) is 96.9 cm³/mol. The summed E-state index contributed by atoms with van der Waals surface area (Å²) in [6.07, 6.45) is 3.62. The molecule has 0 radical (unpaired) electrons. The first-order valence-electron chi connectivity index (χ1n) is 8.03. The van der Waals surface area contributed by atoms with Crippen LogP contribution in [0.25, 0.3) is 5.70 Å². The van der Waals surface area contributed by atoms with Crippen LogP contribution in [-0.4, -0.2) is 28.9 Å². The van der Waals surface area contributed by atoms with Gasteiger partial charge in [0.2, 0.25) is 5.95 Å². The van der Waals surface area contributed by atoms with Gasteiger partial charge in [0.05, 0.1) is 0 Å². The molecule has 1 aromatic heterocycles. The molecular formula is C19H18FN5. The zero-order chi connectivity index (χ0) is 17.4. The van der Waals surface area contributed by atoms with Crippen LogP contribution in [0.2, 0.25) is 0 Å². The fourth-order valence-electron chi connectivity index (χ4n) is 2.94. The summed E-state index contributed by atoms with van der Waals surface area (Å²) in [6, 6.07) is 14.7. The third-order valence-electron chi connectivity index (χ3n) is 4.31. The third kappa shape index (κ3) is 2.87. The van der Waals surface area contributed by atoms with E-state index < -0.39 is 0 Å². The second-order valence-corrected chi connectivity index (χ2v) is 6.17. The lowest BCUT2D eigenvalue weighted by molar-refractivity contribution is 0.611. The highest BCUT2D eigenvalue weighted by Crippen LogP contribution is 2.32. The standard InChI is InChI=1S/C19H18FN5/c1-24(2)16-9-5-14(6-10-16)18-11-17(13-3-7-15(20)8-4-13)23-19-21-12-22-25(18)19/h3-12,18H,1-2H3,(H,21,22,23). The molecule has 5 nitrogen and oxygen atoms in total. The van der Waals surface area contributed by atoms with Gasteiger partial charge < -0.3 is 10.2 Å². The van der Waals surface area contributed by atoms with Crippen LogP contribution in [0.5, 0.6) is 0 Å². The van der Waals surface area contributed by atoms with Gasteiger partial charge in [-0.25, -0.2) is 9.07 Å². The van der Waals surface area contributed by atoms with Crippen LogP contribution >= 0.6 is 0 Å². The van der Waals surface area contributed by atoms with Crippen molar-refractivity contribution >= 4 is 17.3 Å². The molecule has 2 aromatic carbocycles. The van der Waals surface area contributed by atoms with E-state index in [1.54, 1.807) is 12.1 Å². The summed E-state index contributed by atoms with van der Waals surface area (Å²) in [4.78, 5) is 6.35. The molecular weight excluding hydrogens is 317 g/mol. The highest BCUT2D eigenvalue weighted by atomic mass is 19.1. The molecule has 0 saturated carbocycles. The van der Waals surface area contributed by atoms with Gasteiger partial charge in [0, 0.05) is 25.5 Å². The van der Waals surface area contributed by atoms with E-state index in [1.807, 2.05) is 18.8 Å². The molecule has 1 unspecified atom stereocenters. The van der Waals surface area contributed by atoms with Gasteiger partial charge in [-0.1, -0.05) is 12.1 Å². The first kappa shape index (κ1) is 15.4. The van der Waals surface area contributed by atoms with E-state index in [1.165, 1.54) is 18.5 Å². The van der Waals surface area contributed by atoms with E-state index in [2.05, 4.69) is 50.6 Å². The summed E-state index contributed by atoms with van der Waals surface area (Å²) < 4.78 is 15.1. The molecule has 2 heterocycles. The van der Waals surface area contributed by atoms with Crippen LogP contribution in [0.15, 0.2) is 60.9 Å². The van der Waals surface area contributed by atoms with Crippen molar-refractivity contribution in [1.29, 1.82) is 0 Å². The predicted octanol–water partition coefficient (Wildman–Crippen LogP) is 3.54. The second-order valence-electron chi connectivity index (χ2n) is 6.17. The lowest BCUT2D eigenvalue weighted by atomic mass is 10.0. The van der Waals surface area contributed by atoms with Gasteiger partial charge in [0.1, 0.15) is 18.2 Å². The van der Waals surface area contributed by atoms with Gasteiger partial charge in [-0.3, -0.25) is 0 Å². The number of aromatic nitrogens is 3. The van der Waals surface area contributed by atoms with Crippen LogP contribution in [0.4, 0.5) is 16.0 Å². The minimum atomic E-state index is -0.251. The van der Waals surface area contributed by atoms with E-state index >= 15 is 0 Å². The van der Waals surface area contributed by atoms with Crippen molar-refractivity contribution in [2.75, 3.05) is 24.3 Å². The summed E-state index contributed by atoms with van der Waals surface area (Å²) in [5.41, 5.74) is 4.05. The number of fused-ring (bicyclic) bond motifs is 1. The summed E-state index contributed by atoms with van der Waals surface area (Å²) in [5, 5.41) is 7.60. The molecule has 0 spiro atoms. The molecule has 0 fully saturated rings. The average molecular weight is 335 g/mol. The molecule has 0 amide bonds. The van der Waals surface area contributed by atoms with Crippen molar-refractivity contribution in [2.45, 2.75) is 6.04 Å². The highest BCUT2D eigenvalue weighted by molar-refractivity contribution is 5.77. The Kier molecular flexibility index (Phi) is 3.72. The smallest absolute Gasteiger partial charge is 0.226 e. The van der Waals surface area contributed by atoms with Gasteiger partial charge in [-0.2, -0.15) is 10.1 Å². The van der Waals surface area contributed by atoms with Crippen molar-refractivity contribution in [2.24, 2.45) is 0 Å². The summed E-state index contributed by atoms with van der Waals surface area (Å²) in [6.45, 7) is 0. The van der Waals surface area contributed by atoms with E-state index in [0.717, 1.165) is 22.5 Å². The van der Waals surface area contributed by atoms with Crippen molar-refractivity contribution in [1.82, 2.24) is 14.8 Å². The lowest BCUT2D eigenvalue weighted by Gasteiger charge is -2.25. The summed E-state index contributed by atoms with van der Waals surface area (Å²) >= 11 is 0. The number of allylic oxidation sites excluding steroid dienone is 1. The Bertz CT molecular complexity index is 910. The third-order valence-corrected chi connectivity index (χ3v) is 4.31. The highest BCUT2D eigenvalue weighted by Gasteiger charge is 2.23. The maximum absolute atomic E-state index is 13.2. The Labute approximate surface area is 145 Å². The van der Waals surface area contributed by atoms with Crippen LogP contribution in [-0.2, 0) is 0 Å². The van der Waals surface area contributed by atoms with Crippen molar-refractivity contribution in [3.8, 4) is 0 Å². The number of hydrogen-bond donors (Lipinski definition) is 1. The largest absolute Gasteiger partial charge is 0.378 e. The lowest BCUT2D eigenvalue weighted by Crippen LogP contribution is -2.20. The molecule has 1 N–H and O–H groups in total. The van der Waals surface area contributed by atoms with Crippen LogP contribution < -0.4 is 10.2 Å². The number of hydrogen-bond acceptors (Lipinski definition) is 4. The minimum Gasteiger partial charge on any atom is -0.378 e. The van der Waals surface area contributed by atoms with Crippen LogP contribution in [0, 0.1) is 5.82 Å². The maximum atomic E-state index is 13.2. The fraction of sp³-hybridized carbons (Fsp3) is 0.158. The van der Waals surface area contributed by atoms with E-state index in [9.17, 15) is 4.39 Å². The van der Waals surface area contributed by atoms with Gasteiger partial charge >= 0.3 is 0 Å². The second kappa shape index (κ2) is 6.05. The Morgan fingerprint density at radius 1 is 1.04 bits per heavy atom. The number of halogens is 1. The quantitative estimate of drug-likeness (QED) is 0.795. The molecule has 1 aliphatic heterocycles. The Morgan fingerprint density at radius 3 is 2.44 bits per heavy atom. The first-order chi connectivity index (χ1) is 12.1. The number of nitrogens with zero attached hydrogens (tertiary/aromatic N) is 4. The first-order valence-corrected chi connectivity index (χ1v) is 8.03. The van der Waals surface area contributed by atoms with E-state index in [4.69, 9.17) is 0 Å². The number of benzene rings is 2. The summed E-state index contributed by atoms with van der Waals surface area (Å²) in [5.74, 6) is 0.419. The molecule has 1 atom stereocenters. The molecule has 1 aliphatic rings. The zero-order valence-corrected chi connectivity index (χ0v) is 14.0.